The van der Waals surface area contributed by atoms with Crippen molar-refractivity contribution in [1.82, 2.24) is 5.32 Å². The Morgan fingerprint density at radius 2 is 1.86 bits per heavy atom. The molecule has 2 N–H and O–H groups in total. The Bertz CT molecular complexity index is 875. The molecule has 0 saturated carbocycles. The quantitative estimate of drug-likeness (QED) is 0.589. The van der Waals surface area contributed by atoms with E-state index in [1.54, 1.807) is 24.3 Å². The molecule has 0 aliphatic carbocycles. The van der Waals surface area contributed by atoms with Gasteiger partial charge in [0, 0.05) is 27.3 Å². The van der Waals surface area contributed by atoms with Gasteiger partial charge in [0.1, 0.15) is 5.75 Å². The molecule has 0 saturated heterocycles. The number of carbonyl (C=O) groups is 2. The molecule has 2 rings (SSSR count). The van der Waals surface area contributed by atoms with Crippen LogP contribution in [0.2, 0.25) is 0 Å². The molecule has 2 amide bonds. The number of carbonyl (C=O) groups excluding carboxylic acids is 2. The molecule has 2 aromatic carbocycles. The molecule has 0 radical (unpaired) electrons. The van der Waals surface area contributed by atoms with Crippen LogP contribution in [-0.4, -0.2) is 24.5 Å². The average molecular weight is 461 g/mol. The van der Waals surface area contributed by atoms with Crippen LogP contribution < -0.4 is 15.4 Å². The Kier molecular flexibility index (Phi) is 7.85. The molecule has 156 valence electrons. The average Bonchev–Trinajstić information content (AvgIpc) is 2.66. The summed E-state index contributed by atoms with van der Waals surface area (Å²) in [5.41, 5.74) is 1.96. The maximum Gasteiger partial charge on any atom is 0.262 e. The summed E-state index contributed by atoms with van der Waals surface area (Å²) in [6, 6.07) is 12.7. The zero-order chi connectivity index (χ0) is 21.6. The number of ether oxygens (including phenoxy) is 1. The molecular formula is C23H29BrN2O3. The number of amides is 2. The molecule has 6 heteroatoms. The van der Waals surface area contributed by atoms with Gasteiger partial charge in [0.25, 0.3) is 11.8 Å². The van der Waals surface area contributed by atoms with E-state index in [-0.39, 0.29) is 29.9 Å². The van der Waals surface area contributed by atoms with Gasteiger partial charge in [0.05, 0.1) is 0 Å². The van der Waals surface area contributed by atoms with Crippen LogP contribution in [-0.2, 0) is 10.2 Å². The van der Waals surface area contributed by atoms with E-state index in [1.165, 1.54) is 0 Å². The SMILES string of the molecule is CCC(C)NC(=O)c1cccc(NC(=O)COc2ccc(Br)cc2C(C)(C)C)c1. The van der Waals surface area contributed by atoms with Crippen molar-refractivity contribution in [2.24, 2.45) is 0 Å². The zero-order valence-corrected chi connectivity index (χ0v) is 19.2. The fourth-order valence-electron chi connectivity index (χ4n) is 2.70. The predicted molar refractivity (Wildman–Crippen MR) is 121 cm³/mol. The first kappa shape index (κ1) is 22.9. The summed E-state index contributed by atoms with van der Waals surface area (Å²) < 4.78 is 6.75. The van der Waals surface area contributed by atoms with E-state index < -0.39 is 0 Å². The molecule has 0 aliphatic heterocycles. The molecule has 5 nitrogen and oxygen atoms in total. The molecule has 0 aromatic heterocycles. The lowest BCUT2D eigenvalue weighted by Gasteiger charge is -2.23. The van der Waals surface area contributed by atoms with Gasteiger partial charge in [-0.15, -0.1) is 0 Å². The van der Waals surface area contributed by atoms with Crippen LogP contribution in [0.4, 0.5) is 5.69 Å². The smallest absolute Gasteiger partial charge is 0.262 e. The standard InChI is InChI=1S/C23H29BrN2O3/c1-6-15(2)25-22(28)16-8-7-9-18(12-16)26-21(27)14-29-20-11-10-17(24)13-19(20)23(3,4)5/h7-13,15H,6,14H2,1-5H3,(H,25,28)(H,26,27). The number of benzene rings is 2. The second-order valence-electron chi connectivity index (χ2n) is 8.09. The maximum absolute atomic E-state index is 12.4. The van der Waals surface area contributed by atoms with Crippen LogP contribution in [0.3, 0.4) is 0 Å². The number of anilines is 1. The molecule has 2 aromatic rings. The van der Waals surface area contributed by atoms with Gasteiger partial charge >= 0.3 is 0 Å². The first-order chi connectivity index (χ1) is 13.6. The van der Waals surface area contributed by atoms with Crippen LogP contribution in [0.15, 0.2) is 46.9 Å². The van der Waals surface area contributed by atoms with Gasteiger partial charge in [0.2, 0.25) is 0 Å². The highest BCUT2D eigenvalue weighted by molar-refractivity contribution is 9.10. The van der Waals surface area contributed by atoms with E-state index >= 15 is 0 Å². The van der Waals surface area contributed by atoms with E-state index in [9.17, 15) is 9.59 Å². The third-order valence-electron chi connectivity index (χ3n) is 4.51. The monoisotopic (exact) mass is 460 g/mol. The van der Waals surface area contributed by atoms with Crippen LogP contribution in [0.5, 0.6) is 5.75 Å². The molecule has 0 bridgehead atoms. The molecular weight excluding hydrogens is 432 g/mol. The van der Waals surface area contributed by atoms with Gasteiger partial charge in [0.15, 0.2) is 6.61 Å². The summed E-state index contributed by atoms with van der Waals surface area (Å²) >= 11 is 3.48. The maximum atomic E-state index is 12.4. The molecule has 1 atom stereocenters. The summed E-state index contributed by atoms with van der Waals surface area (Å²) in [6.07, 6.45) is 0.853. The highest BCUT2D eigenvalue weighted by Gasteiger charge is 2.20. The van der Waals surface area contributed by atoms with Crippen molar-refractivity contribution < 1.29 is 14.3 Å². The molecule has 0 spiro atoms. The highest BCUT2D eigenvalue weighted by Crippen LogP contribution is 2.33. The Morgan fingerprint density at radius 3 is 2.52 bits per heavy atom. The van der Waals surface area contributed by atoms with Crippen LogP contribution in [0.1, 0.15) is 57.0 Å². The third kappa shape index (κ3) is 6.89. The minimum Gasteiger partial charge on any atom is -0.483 e. The van der Waals surface area contributed by atoms with E-state index in [4.69, 9.17) is 4.74 Å². The Labute approximate surface area is 181 Å². The summed E-state index contributed by atoms with van der Waals surface area (Å²) in [4.78, 5) is 24.6. The lowest BCUT2D eigenvalue weighted by Crippen LogP contribution is -2.32. The van der Waals surface area contributed by atoms with Crippen molar-refractivity contribution in [3.05, 3.63) is 58.1 Å². The van der Waals surface area contributed by atoms with Crippen LogP contribution >= 0.6 is 15.9 Å². The van der Waals surface area contributed by atoms with Gasteiger partial charge in [-0.3, -0.25) is 9.59 Å². The van der Waals surface area contributed by atoms with Crippen molar-refractivity contribution >= 4 is 33.4 Å². The van der Waals surface area contributed by atoms with Crippen molar-refractivity contribution in [3.8, 4) is 5.75 Å². The van der Waals surface area contributed by atoms with Gasteiger partial charge in [-0.05, 0) is 55.2 Å². The predicted octanol–water partition coefficient (Wildman–Crippen LogP) is 5.29. The number of hydrogen-bond donors (Lipinski definition) is 2. The first-order valence-corrected chi connectivity index (χ1v) is 10.5. The van der Waals surface area contributed by atoms with E-state index in [0.717, 1.165) is 16.5 Å². The fourth-order valence-corrected chi connectivity index (χ4v) is 3.06. The van der Waals surface area contributed by atoms with E-state index in [2.05, 4.69) is 47.3 Å². The second kappa shape index (κ2) is 9.92. The zero-order valence-electron chi connectivity index (χ0n) is 17.6. The van der Waals surface area contributed by atoms with Crippen LogP contribution in [0, 0.1) is 0 Å². The van der Waals surface area contributed by atoms with E-state index in [1.807, 2.05) is 32.0 Å². The van der Waals surface area contributed by atoms with Crippen molar-refractivity contribution in [1.29, 1.82) is 0 Å². The first-order valence-electron chi connectivity index (χ1n) is 9.73. The van der Waals surface area contributed by atoms with Gasteiger partial charge in [-0.25, -0.2) is 0 Å². The molecule has 0 heterocycles. The fraction of sp³-hybridized carbons (Fsp3) is 0.391. The summed E-state index contributed by atoms with van der Waals surface area (Å²) in [6.45, 7) is 10.1. The summed E-state index contributed by atoms with van der Waals surface area (Å²) in [7, 11) is 0. The van der Waals surface area contributed by atoms with Gasteiger partial charge in [-0.1, -0.05) is 49.7 Å². The van der Waals surface area contributed by atoms with Crippen molar-refractivity contribution in [3.63, 3.8) is 0 Å². The lowest BCUT2D eigenvalue weighted by atomic mass is 9.86. The second-order valence-corrected chi connectivity index (χ2v) is 9.01. The third-order valence-corrected chi connectivity index (χ3v) is 5.00. The van der Waals surface area contributed by atoms with Crippen LogP contribution in [0.25, 0.3) is 0 Å². The molecule has 0 aliphatic rings. The number of rotatable bonds is 7. The van der Waals surface area contributed by atoms with Gasteiger partial charge in [-0.2, -0.15) is 0 Å². The normalized spacial score (nSPS) is 12.2. The summed E-state index contributed by atoms with van der Waals surface area (Å²) in [5, 5.41) is 5.71. The minimum absolute atomic E-state index is 0.0945. The largest absolute Gasteiger partial charge is 0.483 e. The Morgan fingerprint density at radius 1 is 1.14 bits per heavy atom. The van der Waals surface area contributed by atoms with Gasteiger partial charge < -0.3 is 15.4 Å². The van der Waals surface area contributed by atoms with Crippen molar-refractivity contribution in [2.45, 2.75) is 52.5 Å². The topological polar surface area (TPSA) is 67.4 Å². The number of halogens is 1. The Hall–Kier alpha value is -2.34. The van der Waals surface area contributed by atoms with Crippen molar-refractivity contribution in [2.75, 3.05) is 11.9 Å². The molecule has 29 heavy (non-hydrogen) atoms. The molecule has 0 fully saturated rings. The number of hydrogen-bond acceptors (Lipinski definition) is 3. The Balaban J connectivity index is 2.02. The molecule has 1 unspecified atom stereocenters. The highest BCUT2D eigenvalue weighted by atomic mass is 79.9. The summed E-state index contributed by atoms with van der Waals surface area (Å²) in [5.74, 6) is 0.237. The van der Waals surface area contributed by atoms with E-state index in [0.29, 0.717) is 17.0 Å². The number of nitrogens with one attached hydrogen (secondary N) is 2. The minimum atomic E-state index is -0.285. The lowest BCUT2D eigenvalue weighted by molar-refractivity contribution is -0.118.